The molecule has 3 rings (SSSR count). The highest BCUT2D eigenvalue weighted by Gasteiger charge is 2.08. The zero-order chi connectivity index (χ0) is 16.1. The Bertz CT molecular complexity index is 734. The molecule has 0 radical (unpaired) electrons. The van der Waals surface area contributed by atoms with E-state index < -0.39 is 0 Å². The van der Waals surface area contributed by atoms with E-state index in [0.717, 1.165) is 25.2 Å². The summed E-state index contributed by atoms with van der Waals surface area (Å²) in [4.78, 5) is 26.6. The molecular weight excluding hydrogens is 290 g/mol. The smallest absolute Gasteiger partial charge is 0.257 e. The first kappa shape index (κ1) is 15.1. The van der Waals surface area contributed by atoms with Crippen LogP contribution in [0.1, 0.15) is 32.8 Å². The molecule has 0 fully saturated rings. The van der Waals surface area contributed by atoms with Gasteiger partial charge in [0.1, 0.15) is 5.69 Å². The SMILES string of the molecule is O=Cc1ccc(C(=O)Nc2ccc(C3=CCNCC3)cc2)cn1. The third-order valence-corrected chi connectivity index (χ3v) is 3.75. The normalized spacial score (nSPS) is 14.0. The fourth-order valence-corrected chi connectivity index (χ4v) is 2.46. The van der Waals surface area contributed by atoms with E-state index >= 15 is 0 Å². The molecule has 2 N–H and O–H groups in total. The third kappa shape index (κ3) is 3.70. The maximum absolute atomic E-state index is 12.1. The van der Waals surface area contributed by atoms with Crippen LogP contribution in [0.4, 0.5) is 5.69 Å². The number of nitrogens with one attached hydrogen (secondary N) is 2. The van der Waals surface area contributed by atoms with Crippen molar-refractivity contribution >= 4 is 23.5 Å². The number of benzene rings is 1. The molecular formula is C18H17N3O2. The lowest BCUT2D eigenvalue weighted by atomic mass is 10.00. The maximum Gasteiger partial charge on any atom is 0.257 e. The van der Waals surface area contributed by atoms with Crippen molar-refractivity contribution in [1.29, 1.82) is 0 Å². The molecule has 0 aliphatic carbocycles. The van der Waals surface area contributed by atoms with Crippen molar-refractivity contribution in [1.82, 2.24) is 10.3 Å². The van der Waals surface area contributed by atoms with Gasteiger partial charge in [0, 0.05) is 18.4 Å². The van der Waals surface area contributed by atoms with Crippen molar-refractivity contribution < 1.29 is 9.59 Å². The standard InChI is InChI=1S/C18H17N3O2/c22-12-17-6-3-15(11-20-17)18(23)21-16-4-1-13(2-5-16)14-7-9-19-10-8-14/h1-7,11-12,19H,8-10H2,(H,21,23). The van der Waals surface area contributed by atoms with Gasteiger partial charge in [-0.3, -0.25) is 14.6 Å². The lowest BCUT2D eigenvalue weighted by molar-refractivity contribution is 0.102. The number of hydrogen-bond acceptors (Lipinski definition) is 4. The highest BCUT2D eigenvalue weighted by molar-refractivity contribution is 6.04. The van der Waals surface area contributed by atoms with Crippen LogP contribution in [0.25, 0.3) is 5.57 Å². The van der Waals surface area contributed by atoms with Crippen molar-refractivity contribution in [2.45, 2.75) is 6.42 Å². The summed E-state index contributed by atoms with van der Waals surface area (Å²) in [7, 11) is 0. The Kier molecular flexibility index (Phi) is 4.59. The van der Waals surface area contributed by atoms with E-state index in [9.17, 15) is 9.59 Å². The first-order chi connectivity index (χ1) is 11.3. The van der Waals surface area contributed by atoms with Gasteiger partial charge in [-0.05, 0) is 48.4 Å². The molecule has 0 atom stereocenters. The zero-order valence-electron chi connectivity index (χ0n) is 12.6. The minimum atomic E-state index is -0.246. The predicted octanol–water partition coefficient (Wildman–Crippen LogP) is 2.52. The lowest BCUT2D eigenvalue weighted by Gasteiger charge is -2.14. The molecule has 1 aliphatic heterocycles. The molecule has 2 heterocycles. The van der Waals surface area contributed by atoms with Crippen molar-refractivity contribution in [3.63, 3.8) is 0 Å². The van der Waals surface area contributed by atoms with E-state index in [-0.39, 0.29) is 5.91 Å². The Balaban J connectivity index is 1.68. The second-order valence-corrected chi connectivity index (χ2v) is 5.30. The van der Waals surface area contributed by atoms with Crippen LogP contribution in [0.3, 0.4) is 0 Å². The molecule has 0 saturated heterocycles. The first-order valence-electron chi connectivity index (χ1n) is 7.49. The minimum absolute atomic E-state index is 0.246. The van der Waals surface area contributed by atoms with Crippen molar-refractivity contribution in [3.8, 4) is 0 Å². The molecule has 0 unspecified atom stereocenters. The van der Waals surface area contributed by atoms with E-state index in [1.807, 2.05) is 24.3 Å². The molecule has 5 heteroatoms. The number of pyridine rings is 1. The molecule has 1 aromatic carbocycles. The van der Waals surface area contributed by atoms with Gasteiger partial charge in [-0.1, -0.05) is 18.2 Å². The van der Waals surface area contributed by atoms with Gasteiger partial charge in [-0.25, -0.2) is 0 Å². The van der Waals surface area contributed by atoms with Gasteiger partial charge in [0.25, 0.3) is 5.91 Å². The first-order valence-corrected chi connectivity index (χ1v) is 7.49. The maximum atomic E-state index is 12.1. The summed E-state index contributed by atoms with van der Waals surface area (Å²) in [5.41, 5.74) is 3.96. The van der Waals surface area contributed by atoms with Gasteiger partial charge >= 0.3 is 0 Å². The Labute approximate surface area is 134 Å². The molecule has 1 aromatic heterocycles. The van der Waals surface area contributed by atoms with Gasteiger partial charge < -0.3 is 10.6 Å². The van der Waals surface area contributed by atoms with Crippen LogP contribution in [0.2, 0.25) is 0 Å². The Morgan fingerprint density at radius 2 is 2.00 bits per heavy atom. The average molecular weight is 307 g/mol. The van der Waals surface area contributed by atoms with E-state index in [4.69, 9.17) is 0 Å². The fourth-order valence-electron chi connectivity index (χ4n) is 2.46. The van der Waals surface area contributed by atoms with Crippen LogP contribution in [0.15, 0.2) is 48.7 Å². The Hall–Kier alpha value is -2.79. The van der Waals surface area contributed by atoms with Crippen LogP contribution in [0, 0.1) is 0 Å². The largest absolute Gasteiger partial charge is 0.322 e. The zero-order valence-corrected chi connectivity index (χ0v) is 12.6. The molecule has 1 aliphatic rings. The quantitative estimate of drug-likeness (QED) is 0.852. The number of aromatic nitrogens is 1. The summed E-state index contributed by atoms with van der Waals surface area (Å²) in [5.74, 6) is -0.246. The number of nitrogens with zero attached hydrogens (tertiary/aromatic N) is 1. The molecule has 0 saturated carbocycles. The number of carbonyl (C=O) groups is 2. The second kappa shape index (κ2) is 6.98. The summed E-state index contributed by atoms with van der Waals surface area (Å²) in [6, 6.07) is 10.9. The molecule has 23 heavy (non-hydrogen) atoms. The van der Waals surface area contributed by atoms with Gasteiger partial charge in [0.2, 0.25) is 0 Å². The molecule has 116 valence electrons. The van der Waals surface area contributed by atoms with Crippen LogP contribution < -0.4 is 10.6 Å². The predicted molar refractivity (Wildman–Crippen MR) is 89.5 cm³/mol. The van der Waals surface area contributed by atoms with E-state index in [2.05, 4.69) is 21.7 Å². The average Bonchev–Trinajstić information content (AvgIpc) is 2.63. The van der Waals surface area contributed by atoms with Crippen LogP contribution in [-0.2, 0) is 0 Å². The van der Waals surface area contributed by atoms with Gasteiger partial charge in [-0.15, -0.1) is 0 Å². The third-order valence-electron chi connectivity index (χ3n) is 3.75. The van der Waals surface area contributed by atoms with Crippen LogP contribution in [0.5, 0.6) is 0 Å². The number of anilines is 1. The van der Waals surface area contributed by atoms with Crippen LogP contribution >= 0.6 is 0 Å². The summed E-state index contributed by atoms with van der Waals surface area (Å²) in [6.07, 6.45) is 5.25. The van der Waals surface area contributed by atoms with Crippen molar-refractivity contribution in [3.05, 3.63) is 65.5 Å². The topological polar surface area (TPSA) is 71.1 Å². The number of aldehydes is 1. The fraction of sp³-hybridized carbons (Fsp3) is 0.167. The van der Waals surface area contributed by atoms with Gasteiger partial charge in [0.05, 0.1) is 5.56 Å². The summed E-state index contributed by atoms with van der Waals surface area (Å²) >= 11 is 0. The minimum Gasteiger partial charge on any atom is -0.322 e. The van der Waals surface area contributed by atoms with E-state index in [0.29, 0.717) is 17.5 Å². The highest BCUT2D eigenvalue weighted by Crippen LogP contribution is 2.21. The second-order valence-electron chi connectivity index (χ2n) is 5.30. The molecule has 1 amide bonds. The number of rotatable bonds is 4. The van der Waals surface area contributed by atoms with E-state index in [1.165, 1.54) is 23.4 Å². The number of hydrogen-bond donors (Lipinski definition) is 2. The summed E-state index contributed by atoms with van der Waals surface area (Å²) < 4.78 is 0. The number of carbonyl (C=O) groups excluding carboxylic acids is 2. The Morgan fingerprint density at radius 1 is 1.17 bits per heavy atom. The molecule has 5 nitrogen and oxygen atoms in total. The monoisotopic (exact) mass is 307 g/mol. The molecule has 0 bridgehead atoms. The van der Waals surface area contributed by atoms with Crippen LogP contribution in [-0.4, -0.2) is 30.3 Å². The molecule has 0 spiro atoms. The van der Waals surface area contributed by atoms with Gasteiger partial charge in [0.15, 0.2) is 6.29 Å². The summed E-state index contributed by atoms with van der Waals surface area (Å²) in [5, 5.41) is 6.11. The summed E-state index contributed by atoms with van der Waals surface area (Å²) in [6.45, 7) is 1.89. The Morgan fingerprint density at radius 3 is 2.61 bits per heavy atom. The lowest BCUT2D eigenvalue weighted by Crippen LogP contribution is -2.20. The van der Waals surface area contributed by atoms with Crippen molar-refractivity contribution in [2.24, 2.45) is 0 Å². The van der Waals surface area contributed by atoms with E-state index in [1.54, 1.807) is 6.07 Å². The van der Waals surface area contributed by atoms with Gasteiger partial charge in [-0.2, -0.15) is 0 Å². The number of amides is 1. The van der Waals surface area contributed by atoms with Crippen molar-refractivity contribution in [2.75, 3.05) is 18.4 Å². The highest BCUT2D eigenvalue weighted by atomic mass is 16.1. The molecule has 2 aromatic rings.